The van der Waals surface area contributed by atoms with E-state index in [1.165, 1.54) is 21.6 Å². The van der Waals surface area contributed by atoms with Crippen LogP contribution in [0.2, 0.25) is 0 Å². The Balaban J connectivity index is 1.97. The molecule has 106 valence electrons. The molecule has 0 aliphatic heterocycles. The van der Waals surface area contributed by atoms with Gasteiger partial charge in [-0.2, -0.15) is 0 Å². The van der Waals surface area contributed by atoms with E-state index in [0.29, 0.717) is 0 Å². The monoisotopic (exact) mass is 294 g/mol. The van der Waals surface area contributed by atoms with E-state index in [0.717, 1.165) is 18.1 Å². The first kappa shape index (κ1) is 13.8. The summed E-state index contributed by atoms with van der Waals surface area (Å²) in [5, 5.41) is 4.35. The number of nitrogens with zero attached hydrogens (tertiary/aromatic N) is 1. The minimum Gasteiger partial charge on any atom is -0.362 e. The highest BCUT2D eigenvalue weighted by Crippen LogP contribution is 2.36. The molecule has 0 unspecified atom stereocenters. The number of benzene rings is 2. The number of aromatic nitrogens is 1. The fourth-order valence-corrected chi connectivity index (χ4v) is 3.16. The fraction of sp³-hybridized carbons (Fsp3) is 0.167. The molecular formula is C18H18N2S. The Bertz CT molecular complexity index is 704. The second kappa shape index (κ2) is 6.55. The van der Waals surface area contributed by atoms with Gasteiger partial charge in [0.15, 0.2) is 5.13 Å². The van der Waals surface area contributed by atoms with Crippen LogP contribution in [0.5, 0.6) is 0 Å². The summed E-state index contributed by atoms with van der Waals surface area (Å²) in [5.74, 6) is 0. The summed E-state index contributed by atoms with van der Waals surface area (Å²) in [6.07, 6.45) is 3.07. The first-order valence-electron chi connectivity index (χ1n) is 7.23. The molecule has 0 bridgehead atoms. The van der Waals surface area contributed by atoms with E-state index in [9.17, 15) is 0 Å². The normalized spacial score (nSPS) is 10.5. The molecule has 0 aliphatic carbocycles. The molecule has 1 N–H and O–H groups in total. The standard InChI is InChI=1S/C18H18N2S/c1-2-12-19-18-20-13-17(21-18)16-11-7-6-10-15(16)14-8-4-3-5-9-14/h3-11,13H,2,12H2,1H3,(H,19,20). The predicted molar refractivity (Wildman–Crippen MR) is 91.8 cm³/mol. The highest BCUT2D eigenvalue weighted by Gasteiger charge is 2.09. The van der Waals surface area contributed by atoms with Crippen LogP contribution in [-0.4, -0.2) is 11.5 Å². The maximum absolute atomic E-state index is 4.47. The highest BCUT2D eigenvalue weighted by molar-refractivity contribution is 7.18. The Kier molecular flexibility index (Phi) is 4.31. The number of rotatable bonds is 5. The lowest BCUT2D eigenvalue weighted by Gasteiger charge is -2.07. The number of anilines is 1. The van der Waals surface area contributed by atoms with Gasteiger partial charge < -0.3 is 5.32 Å². The Morgan fingerprint density at radius 2 is 1.67 bits per heavy atom. The first-order chi connectivity index (χ1) is 10.4. The summed E-state index contributed by atoms with van der Waals surface area (Å²) in [6.45, 7) is 3.12. The third-order valence-electron chi connectivity index (χ3n) is 3.31. The van der Waals surface area contributed by atoms with E-state index in [1.807, 2.05) is 12.3 Å². The molecule has 0 saturated carbocycles. The van der Waals surface area contributed by atoms with Crippen molar-refractivity contribution < 1.29 is 0 Å². The number of nitrogens with one attached hydrogen (secondary N) is 1. The fourth-order valence-electron chi connectivity index (χ4n) is 2.28. The second-order valence-electron chi connectivity index (χ2n) is 4.87. The summed E-state index contributed by atoms with van der Waals surface area (Å²) in [4.78, 5) is 5.67. The Morgan fingerprint density at radius 1 is 0.952 bits per heavy atom. The SMILES string of the molecule is CCCNc1ncc(-c2ccccc2-c2ccccc2)s1. The van der Waals surface area contributed by atoms with Gasteiger partial charge in [0.05, 0.1) is 4.88 Å². The molecular weight excluding hydrogens is 276 g/mol. The van der Waals surface area contributed by atoms with Crippen LogP contribution in [-0.2, 0) is 0 Å². The summed E-state index contributed by atoms with van der Waals surface area (Å²) >= 11 is 1.71. The molecule has 3 rings (SSSR count). The molecule has 0 fully saturated rings. The zero-order valence-corrected chi connectivity index (χ0v) is 12.9. The van der Waals surface area contributed by atoms with Crippen molar-refractivity contribution in [2.45, 2.75) is 13.3 Å². The topological polar surface area (TPSA) is 24.9 Å². The van der Waals surface area contributed by atoms with Crippen LogP contribution < -0.4 is 5.32 Å². The highest BCUT2D eigenvalue weighted by atomic mass is 32.1. The van der Waals surface area contributed by atoms with Gasteiger partial charge in [0, 0.05) is 18.3 Å². The minimum absolute atomic E-state index is 0.966. The smallest absolute Gasteiger partial charge is 0.183 e. The largest absolute Gasteiger partial charge is 0.362 e. The van der Waals surface area contributed by atoms with E-state index in [1.54, 1.807) is 11.3 Å². The molecule has 3 aromatic rings. The predicted octanol–water partition coefficient (Wildman–Crippen LogP) is 5.30. The van der Waals surface area contributed by atoms with Crippen molar-refractivity contribution >= 4 is 16.5 Å². The van der Waals surface area contributed by atoms with Crippen molar-refractivity contribution in [3.05, 3.63) is 60.8 Å². The van der Waals surface area contributed by atoms with Crippen molar-refractivity contribution in [2.24, 2.45) is 0 Å². The lowest BCUT2D eigenvalue weighted by atomic mass is 9.99. The second-order valence-corrected chi connectivity index (χ2v) is 5.90. The van der Waals surface area contributed by atoms with E-state index < -0.39 is 0 Å². The molecule has 0 amide bonds. The molecule has 1 aromatic heterocycles. The van der Waals surface area contributed by atoms with Crippen LogP contribution in [0.25, 0.3) is 21.6 Å². The van der Waals surface area contributed by atoms with Crippen LogP contribution >= 0.6 is 11.3 Å². The van der Waals surface area contributed by atoms with Crippen LogP contribution in [0.15, 0.2) is 60.8 Å². The summed E-state index contributed by atoms with van der Waals surface area (Å²) in [5.41, 5.74) is 3.74. The lowest BCUT2D eigenvalue weighted by molar-refractivity contribution is 0.976. The summed E-state index contributed by atoms with van der Waals surface area (Å²) < 4.78 is 0. The van der Waals surface area contributed by atoms with Crippen molar-refractivity contribution in [1.82, 2.24) is 4.98 Å². The molecule has 0 radical (unpaired) electrons. The third kappa shape index (κ3) is 3.14. The Hall–Kier alpha value is -2.13. The molecule has 2 aromatic carbocycles. The van der Waals surface area contributed by atoms with Crippen LogP contribution in [0.1, 0.15) is 13.3 Å². The molecule has 3 heteroatoms. The van der Waals surface area contributed by atoms with Crippen LogP contribution in [0.4, 0.5) is 5.13 Å². The van der Waals surface area contributed by atoms with Gasteiger partial charge in [0.1, 0.15) is 0 Å². The molecule has 0 aliphatic rings. The van der Waals surface area contributed by atoms with E-state index in [2.05, 4.69) is 65.8 Å². The average molecular weight is 294 g/mol. The van der Waals surface area contributed by atoms with E-state index >= 15 is 0 Å². The molecule has 0 saturated heterocycles. The van der Waals surface area contributed by atoms with Crippen LogP contribution in [0.3, 0.4) is 0 Å². The maximum Gasteiger partial charge on any atom is 0.183 e. The summed E-state index contributed by atoms with van der Waals surface area (Å²) in [7, 11) is 0. The van der Waals surface area contributed by atoms with Crippen molar-refractivity contribution in [2.75, 3.05) is 11.9 Å². The molecule has 1 heterocycles. The number of thiazole rings is 1. The van der Waals surface area contributed by atoms with E-state index in [-0.39, 0.29) is 0 Å². The lowest BCUT2D eigenvalue weighted by Crippen LogP contribution is -1.97. The quantitative estimate of drug-likeness (QED) is 0.690. The zero-order chi connectivity index (χ0) is 14.5. The van der Waals surface area contributed by atoms with Gasteiger partial charge in [0.2, 0.25) is 0 Å². The van der Waals surface area contributed by atoms with Gasteiger partial charge in [-0.15, -0.1) is 0 Å². The zero-order valence-electron chi connectivity index (χ0n) is 12.0. The third-order valence-corrected chi connectivity index (χ3v) is 4.30. The van der Waals surface area contributed by atoms with Crippen molar-refractivity contribution in [1.29, 1.82) is 0 Å². The Morgan fingerprint density at radius 3 is 2.43 bits per heavy atom. The summed E-state index contributed by atoms with van der Waals surface area (Å²) in [6, 6.07) is 19.0. The van der Waals surface area contributed by atoms with Crippen molar-refractivity contribution in [3.63, 3.8) is 0 Å². The van der Waals surface area contributed by atoms with Gasteiger partial charge in [-0.25, -0.2) is 4.98 Å². The molecule has 0 spiro atoms. The van der Waals surface area contributed by atoms with Gasteiger partial charge in [-0.1, -0.05) is 72.9 Å². The maximum atomic E-state index is 4.47. The Labute approximate surface area is 129 Å². The average Bonchev–Trinajstić information content (AvgIpc) is 3.02. The van der Waals surface area contributed by atoms with E-state index in [4.69, 9.17) is 0 Å². The molecule has 21 heavy (non-hydrogen) atoms. The van der Waals surface area contributed by atoms with Gasteiger partial charge >= 0.3 is 0 Å². The minimum atomic E-state index is 0.966. The molecule has 2 nitrogen and oxygen atoms in total. The molecule has 0 atom stereocenters. The number of hydrogen-bond acceptors (Lipinski definition) is 3. The first-order valence-corrected chi connectivity index (χ1v) is 8.04. The van der Waals surface area contributed by atoms with Crippen LogP contribution in [0, 0.1) is 0 Å². The van der Waals surface area contributed by atoms with Gasteiger partial charge in [-0.3, -0.25) is 0 Å². The van der Waals surface area contributed by atoms with Crippen molar-refractivity contribution in [3.8, 4) is 21.6 Å². The number of hydrogen-bond donors (Lipinski definition) is 1. The van der Waals surface area contributed by atoms with Gasteiger partial charge in [0.25, 0.3) is 0 Å². The van der Waals surface area contributed by atoms with Gasteiger partial charge in [-0.05, 0) is 17.5 Å².